The SMILES string of the molecule is CCCc1cc(Cl)cc(C2CC2)c1NC(=O)NS(=O)(=O)c1cnn2c1OCCC2. The second-order valence-electron chi connectivity index (χ2n) is 7.35. The molecule has 2 amide bonds. The van der Waals surface area contributed by atoms with E-state index in [9.17, 15) is 13.2 Å². The van der Waals surface area contributed by atoms with Crippen molar-refractivity contribution >= 4 is 33.3 Å². The molecule has 1 aromatic heterocycles. The van der Waals surface area contributed by atoms with E-state index in [0.29, 0.717) is 29.8 Å². The number of benzene rings is 1. The summed E-state index contributed by atoms with van der Waals surface area (Å²) < 4.78 is 34.5. The Labute approximate surface area is 174 Å². The molecule has 2 aliphatic rings. The molecule has 1 saturated carbocycles. The number of fused-ring (bicyclic) bond motifs is 1. The molecule has 10 heteroatoms. The summed E-state index contributed by atoms with van der Waals surface area (Å²) in [4.78, 5) is 12.5. The van der Waals surface area contributed by atoms with E-state index in [2.05, 4.69) is 15.1 Å². The Morgan fingerprint density at radius 3 is 2.90 bits per heavy atom. The highest BCUT2D eigenvalue weighted by molar-refractivity contribution is 7.90. The highest BCUT2D eigenvalue weighted by atomic mass is 35.5. The topological polar surface area (TPSA) is 102 Å². The van der Waals surface area contributed by atoms with Crippen molar-refractivity contribution in [2.24, 2.45) is 0 Å². The van der Waals surface area contributed by atoms with Gasteiger partial charge in [-0.15, -0.1) is 0 Å². The van der Waals surface area contributed by atoms with Gasteiger partial charge in [-0.05, 0) is 48.4 Å². The van der Waals surface area contributed by atoms with Crippen LogP contribution in [0, 0.1) is 0 Å². The Kier molecular flexibility index (Phi) is 5.44. The number of carbonyl (C=O) groups excluding carboxylic acids is 1. The molecule has 0 atom stereocenters. The number of rotatable bonds is 6. The van der Waals surface area contributed by atoms with Crippen molar-refractivity contribution in [2.45, 2.75) is 56.4 Å². The summed E-state index contributed by atoms with van der Waals surface area (Å²) in [6.07, 6.45) is 5.62. The first-order valence-corrected chi connectivity index (χ1v) is 11.6. The fraction of sp³-hybridized carbons (Fsp3) is 0.474. The first-order chi connectivity index (χ1) is 13.9. The number of aromatic nitrogens is 2. The van der Waals surface area contributed by atoms with Crippen molar-refractivity contribution in [3.05, 3.63) is 34.5 Å². The van der Waals surface area contributed by atoms with Crippen LogP contribution in [0.5, 0.6) is 5.88 Å². The number of aryl methyl sites for hydroxylation is 2. The molecule has 1 aliphatic heterocycles. The van der Waals surface area contributed by atoms with E-state index in [1.54, 1.807) is 0 Å². The molecule has 156 valence electrons. The lowest BCUT2D eigenvalue weighted by Crippen LogP contribution is -2.35. The van der Waals surface area contributed by atoms with Crippen LogP contribution in [0.2, 0.25) is 5.02 Å². The van der Waals surface area contributed by atoms with Crippen LogP contribution in [0.4, 0.5) is 10.5 Å². The summed E-state index contributed by atoms with van der Waals surface area (Å²) in [5, 5.41) is 7.41. The lowest BCUT2D eigenvalue weighted by molar-refractivity contribution is 0.224. The highest BCUT2D eigenvalue weighted by Crippen LogP contribution is 2.45. The second-order valence-corrected chi connectivity index (χ2v) is 9.44. The van der Waals surface area contributed by atoms with Crippen LogP contribution in [0.15, 0.2) is 23.2 Å². The summed E-state index contributed by atoms with van der Waals surface area (Å²) in [5.41, 5.74) is 2.51. The van der Waals surface area contributed by atoms with E-state index in [1.807, 2.05) is 19.1 Å². The maximum atomic E-state index is 12.7. The Hall–Kier alpha value is -2.26. The molecule has 1 fully saturated rings. The third-order valence-electron chi connectivity index (χ3n) is 5.02. The van der Waals surface area contributed by atoms with Gasteiger partial charge in [-0.1, -0.05) is 24.9 Å². The molecular weight excluding hydrogens is 416 g/mol. The molecule has 8 nitrogen and oxygen atoms in total. The number of ether oxygens (including phenoxy) is 1. The molecule has 2 heterocycles. The van der Waals surface area contributed by atoms with Crippen molar-refractivity contribution < 1.29 is 17.9 Å². The van der Waals surface area contributed by atoms with Crippen LogP contribution in [0.25, 0.3) is 0 Å². The predicted molar refractivity (Wildman–Crippen MR) is 109 cm³/mol. The van der Waals surface area contributed by atoms with Gasteiger partial charge in [0.2, 0.25) is 5.88 Å². The maximum Gasteiger partial charge on any atom is 0.333 e. The zero-order valence-corrected chi connectivity index (χ0v) is 17.6. The number of urea groups is 1. The normalized spacial score (nSPS) is 16.1. The molecule has 0 saturated heterocycles. The average molecular weight is 439 g/mol. The molecule has 29 heavy (non-hydrogen) atoms. The minimum Gasteiger partial charge on any atom is -0.477 e. The van der Waals surface area contributed by atoms with Gasteiger partial charge in [-0.25, -0.2) is 22.6 Å². The Morgan fingerprint density at radius 2 is 2.17 bits per heavy atom. The number of hydrogen-bond donors (Lipinski definition) is 2. The molecular formula is C19H23ClN4O4S. The van der Waals surface area contributed by atoms with Crippen molar-refractivity contribution in [1.82, 2.24) is 14.5 Å². The summed E-state index contributed by atoms with van der Waals surface area (Å²) in [6, 6.07) is 2.86. The monoisotopic (exact) mass is 438 g/mol. The largest absolute Gasteiger partial charge is 0.477 e. The zero-order valence-electron chi connectivity index (χ0n) is 16.1. The lowest BCUT2D eigenvalue weighted by Gasteiger charge is -2.18. The van der Waals surface area contributed by atoms with Crippen LogP contribution in [0.1, 0.15) is 49.7 Å². The van der Waals surface area contributed by atoms with Gasteiger partial charge in [0.25, 0.3) is 10.0 Å². The number of carbonyl (C=O) groups is 1. The van der Waals surface area contributed by atoms with Gasteiger partial charge in [0.05, 0.1) is 12.8 Å². The average Bonchev–Trinajstić information content (AvgIpc) is 3.41. The Bertz CT molecular complexity index is 1050. The van der Waals surface area contributed by atoms with Crippen molar-refractivity contribution in [2.75, 3.05) is 11.9 Å². The summed E-state index contributed by atoms with van der Waals surface area (Å²) >= 11 is 6.26. The highest BCUT2D eigenvalue weighted by Gasteiger charge is 2.31. The van der Waals surface area contributed by atoms with E-state index >= 15 is 0 Å². The summed E-state index contributed by atoms with van der Waals surface area (Å²) in [7, 11) is -4.12. The van der Waals surface area contributed by atoms with Crippen LogP contribution >= 0.6 is 11.6 Å². The molecule has 0 spiro atoms. The molecule has 0 unspecified atom stereocenters. The van der Waals surface area contributed by atoms with Gasteiger partial charge >= 0.3 is 6.03 Å². The van der Waals surface area contributed by atoms with Gasteiger partial charge in [0.15, 0.2) is 4.90 Å². The minimum absolute atomic E-state index is 0.139. The van der Waals surface area contributed by atoms with E-state index in [-0.39, 0.29) is 10.8 Å². The molecule has 2 aromatic rings. The number of hydrogen-bond acceptors (Lipinski definition) is 5. The van der Waals surface area contributed by atoms with Crippen LogP contribution in [-0.4, -0.2) is 30.8 Å². The lowest BCUT2D eigenvalue weighted by atomic mass is 10.00. The van der Waals surface area contributed by atoms with Crippen LogP contribution in [-0.2, 0) is 23.0 Å². The number of sulfonamides is 1. The van der Waals surface area contributed by atoms with E-state index in [0.717, 1.165) is 43.2 Å². The molecule has 4 rings (SSSR count). The van der Waals surface area contributed by atoms with Gasteiger partial charge in [-0.2, -0.15) is 5.10 Å². The van der Waals surface area contributed by atoms with E-state index in [4.69, 9.17) is 16.3 Å². The van der Waals surface area contributed by atoms with Gasteiger partial charge < -0.3 is 10.1 Å². The predicted octanol–water partition coefficient (Wildman–Crippen LogP) is 3.66. The van der Waals surface area contributed by atoms with Gasteiger partial charge in [0, 0.05) is 23.7 Å². The fourth-order valence-electron chi connectivity index (χ4n) is 3.57. The molecule has 0 bridgehead atoms. The maximum absolute atomic E-state index is 12.7. The first-order valence-electron chi connectivity index (χ1n) is 9.73. The number of amides is 2. The minimum atomic E-state index is -4.12. The second kappa shape index (κ2) is 7.87. The van der Waals surface area contributed by atoms with Crippen LogP contribution in [0.3, 0.4) is 0 Å². The first kappa shape index (κ1) is 20.0. The number of anilines is 1. The van der Waals surface area contributed by atoms with Crippen LogP contribution < -0.4 is 14.8 Å². The number of nitrogens with one attached hydrogen (secondary N) is 2. The molecule has 1 aliphatic carbocycles. The van der Waals surface area contributed by atoms with E-state index < -0.39 is 16.1 Å². The van der Waals surface area contributed by atoms with Crippen molar-refractivity contribution in [3.8, 4) is 5.88 Å². The van der Waals surface area contributed by atoms with Crippen molar-refractivity contribution in [3.63, 3.8) is 0 Å². The molecule has 0 radical (unpaired) electrons. The smallest absolute Gasteiger partial charge is 0.333 e. The Morgan fingerprint density at radius 1 is 1.38 bits per heavy atom. The molecule has 1 aromatic carbocycles. The van der Waals surface area contributed by atoms with E-state index in [1.165, 1.54) is 10.9 Å². The summed E-state index contributed by atoms with van der Waals surface area (Å²) in [5.74, 6) is 0.501. The zero-order chi connectivity index (χ0) is 20.6. The standard InChI is InChI=1S/C19H23ClN4O4S/c1-2-4-13-9-14(20)10-15(12-5-6-12)17(13)22-19(25)23-29(26,27)16-11-21-24-7-3-8-28-18(16)24/h9-12H,2-8H2,1H3,(H2,22,23,25). The van der Waals surface area contributed by atoms with Gasteiger partial charge in [0.1, 0.15) is 0 Å². The number of nitrogens with zero attached hydrogens (tertiary/aromatic N) is 2. The third kappa shape index (κ3) is 4.20. The number of halogens is 1. The third-order valence-corrected chi connectivity index (χ3v) is 6.55. The van der Waals surface area contributed by atoms with Gasteiger partial charge in [-0.3, -0.25) is 0 Å². The quantitative estimate of drug-likeness (QED) is 0.716. The van der Waals surface area contributed by atoms with Crippen molar-refractivity contribution in [1.29, 1.82) is 0 Å². The Balaban J connectivity index is 1.58. The fourth-order valence-corrected chi connectivity index (χ4v) is 4.80. The molecule has 2 N–H and O–H groups in total. The summed E-state index contributed by atoms with van der Waals surface area (Å²) in [6.45, 7) is 3.03.